The molecule has 0 amide bonds. The molecule has 1 aromatic carbocycles. The zero-order valence-corrected chi connectivity index (χ0v) is 14.6. The lowest BCUT2D eigenvalue weighted by atomic mass is 10.1. The van der Waals surface area contributed by atoms with E-state index in [1.54, 1.807) is 0 Å². The minimum Gasteiger partial charge on any atom is -0.369 e. The van der Waals surface area contributed by atoms with Crippen molar-refractivity contribution < 1.29 is 0 Å². The van der Waals surface area contributed by atoms with Crippen molar-refractivity contribution >= 4 is 39.0 Å². The van der Waals surface area contributed by atoms with Crippen molar-refractivity contribution in [2.45, 2.75) is 32.6 Å². The van der Waals surface area contributed by atoms with Gasteiger partial charge in [-0.15, -0.1) is 11.3 Å². The molecule has 0 bridgehead atoms. The summed E-state index contributed by atoms with van der Waals surface area (Å²) in [6.45, 7) is 2.83. The molecule has 0 atom stereocenters. The number of fused-ring (bicyclic) bond motifs is 3. The second-order valence-corrected chi connectivity index (χ2v) is 7.48. The van der Waals surface area contributed by atoms with Gasteiger partial charge < -0.3 is 5.32 Å². The summed E-state index contributed by atoms with van der Waals surface area (Å²) in [6.07, 6.45) is 4.57. The van der Waals surface area contributed by atoms with Crippen LogP contribution in [0.4, 0.5) is 5.82 Å². The second-order valence-electron chi connectivity index (χ2n) is 5.96. The van der Waals surface area contributed by atoms with Crippen LogP contribution in [0.5, 0.6) is 0 Å². The number of nitrogens with zero attached hydrogens (tertiary/aromatic N) is 2. The quantitative estimate of drug-likeness (QED) is 0.739. The first-order valence-electron chi connectivity index (χ1n) is 7.98. The monoisotopic (exact) mass is 343 g/mol. The van der Waals surface area contributed by atoms with E-state index in [-0.39, 0.29) is 0 Å². The van der Waals surface area contributed by atoms with Gasteiger partial charge in [0.15, 0.2) is 0 Å². The first-order chi connectivity index (χ1) is 11.2. The molecule has 118 valence electrons. The number of anilines is 1. The Bertz CT molecular complexity index is 855. The Hall–Kier alpha value is -1.65. The summed E-state index contributed by atoms with van der Waals surface area (Å²) < 4.78 is 0. The highest BCUT2D eigenvalue weighted by Gasteiger charge is 2.21. The Labute approximate surface area is 144 Å². The molecule has 5 heteroatoms. The molecule has 0 aliphatic heterocycles. The number of aryl methyl sites for hydroxylation is 3. The maximum absolute atomic E-state index is 5.93. The summed E-state index contributed by atoms with van der Waals surface area (Å²) in [4.78, 5) is 11.9. The first-order valence-corrected chi connectivity index (χ1v) is 9.17. The van der Waals surface area contributed by atoms with Crippen molar-refractivity contribution in [2.75, 3.05) is 11.9 Å². The topological polar surface area (TPSA) is 37.8 Å². The van der Waals surface area contributed by atoms with Crippen molar-refractivity contribution in [3.05, 3.63) is 51.1 Å². The molecular weight excluding hydrogens is 326 g/mol. The summed E-state index contributed by atoms with van der Waals surface area (Å²) in [5.41, 5.74) is 2.75. The standard InChI is InChI=1S/C18H18ClN3S/c1-11-21-17(20-10-9-12-5-7-13(19)8-6-12)16-14-3-2-4-15(14)23-18(16)22-11/h5-8H,2-4,9-10H2,1H3,(H,20,21,22). The van der Waals surface area contributed by atoms with E-state index >= 15 is 0 Å². The van der Waals surface area contributed by atoms with Gasteiger partial charge >= 0.3 is 0 Å². The number of rotatable bonds is 4. The van der Waals surface area contributed by atoms with Crippen LogP contribution >= 0.6 is 22.9 Å². The average Bonchev–Trinajstić information content (AvgIpc) is 3.09. The highest BCUT2D eigenvalue weighted by Crippen LogP contribution is 2.39. The van der Waals surface area contributed by atoms with Crippen LogP contribution in [-0.4, -0.2) is 16.5 Å². The summed E-state index contributed by atoms with van der Waals surface area (Å²) in [5, 5.41) is 5.57. The average molecular weight is 344 g/mol. The van der Waals surface area contributed by atoms with Gasteiger partial charge in [-0.05, 0) is 55.9 Å². The normalized spacial score (nSPS) is 13.5. The Balaban J connectivity index is 1.57. The largest absolute Gasteiger partial charge is 0.369 e. The first kappa shape index (κ1) is 14.9. The van der Waals surface area contributed by atoms with Crippen molar-refractivity contribution in [2.24, 2.45) is 0 Å². The van der Waals surface area contributed by atoms with E-state index in [4.69, 9.17) is 11.6 Å². The second kappa shape index (κ2) is 6.10. The maximum Gasteiger partial charge on any atom is 0.138 e. The number of nitrogens with one attached hydrogen (secondary N) is 1. The smallest absolute Gasteiger partial charge is 0.138 e. The van der Waals surface area contributed by atoms with Crippen LogP contribution in [0.25, 0.3) is 10.2 Å². The van der Waals surface area contributed by atoms with Crippen LogP contribution in [0.15, 0.2) is 24.3 Å². The molecule has 0 unspecified atom stereocenters. The molecule has 4 rings (SSSR count). The van der Waals surface area contributed by atoms with Gasteiger partial charge in [0.05, 0.1) is 5.39 Å². The van der Waals surface area contributed by atoms with E-state index in [1.807, 2.05) is 30.4 Å². The fraction of sp³-hybridized carbons (Fsp3) is 0.333. The molecule has 3 aromatic rings. The van der Waals surface area contributed by atoms with Crippen molar-refractivity contribution in [3.8, 4) is 0 Å². The van der Waals surface area contributed by atoms with Crippen LogP contribution in [0.2, 0.25) is 5.02 Å². The predicted octanol–water partition coefficient (Wildman–Crippen LogP) is 4.80. The van der Waals surface area contributed by atoms with Crippen LogP contribution in [0.3, 0.4) is 0 Å². The molecule has 23 heavy (non-hydrogen) atoms. The van der Waals surface area contributed by atoms with Gasteiger partial charge in [-0.25, -0.2) is 9.97 Å². The molecule has 2 aromatic heterocycles. The number of halogens is 1. The lowest BCUT2D eigenvalue weighted by Gasteiger charge is -2.09. The zero-order valence-electron chi connectivity index (χ0n) is 13.0. The molecule has 1 aliphatic rings. The molecule has 0 fully saturated rings. The van der Waals surface area contributed by atoms with E-state index in [0.29, 0.717) is 0 Å². The van der Waals surface area contributed by atoms with E-state index in [0.717, 1.165) is 40.9 Å². The van der Waals surface area contributed by atoms with Gasteiger partial charge in [-0.2, -0.15) is 0 Å². The molecule has 0 saturated carbocycles. The van der Waals surface area contributed by atoms with Crippen LogP contribution in [0, 0.1) is 6.92 Å². The number of aromatic nitrogens is 2. The molecule has 0 spiro atoms. The minimum absolute atomic E-state index is 0.781. The van der Waals surface area contributed by atoms with Crippen LogP contribution in [-0.2, 0) is 19.3 Å². The number of hydrogen-bond acceptors (Lipinski definition) is 4. The highest BCUT2D eigenvalue weighted by molar-refractivity contribution is 7.19. The molecule has 0 radical (unpaired) electrons. The van der Waals surface area contributed by atoms with Crippen molar-refractivity contribution in [3.63, 3.8) is 0 Å². The third-order valence-electron chi connectivity index (χ3n) is 4.30. The summed E-state index contributed by atoms with van der Waals surface area (Å²) in [7, 11) is 0. The number of hydrogen-bond donors (Lipinski definition) is 1. The van der Waals surface area contributed by atoms with Crippen molar-refractivity contribution in [1.29, 1.82) is 0 Å². The van der Waals surface area contributed by atoms with Crippen LogP contribution < -0.4 is 5.32 Å². The molecular formula is C18H18ClN3S. The third kappa shape index (κ3) is 2.93. The number of benzene rings is 1. The lowest BCUT2D eigenvalue weighted by Crippen LogP contribution is -2.08. The van der Waals surface area contributed by atoms with E-state index in [2.05, 4.69) is 27.4 Å². The Kier molecular flexibility index (Phi) is 3.95. The lowest BCUT2D eigenvalue weighted by molar-refractivity contribution is 0.916. The van der Waals surface area contributed by atoms with Crippen LogP contribution in [0.1, 0.15) is 28.2 Å². The van der Waals surface area contributed by atoms with E-state index in [9.17, 15) is 0 Å². The Morgan fingerprint density at radius 3 is 2.83 bits per heavy atom. The van der Waals surface area contributed by atoms with Gasteiger partial charge in [0.2, 0.25) is 0 Å². The highest BCUT2D eigenvalue weighted by atomic mass is 35.5. The molecule has 0 saturated heterocycles. The molecule has 1 aliphatic carbocycles. The number of thiophene rings is 1. The van der Waals surface area contributed by atoms with Gasteiger partial charge in [-0.1, -0.05) is 23.7 Å². The van der Waals surface area contributed by atoms with E-state index < -0.39 is 0 Å². The van der Waals surface area contributed by atoms with Crippen molar-refractivity contribution in [1.82, 2.24) is 9.97 Å². The molecule has 3 nitrogen and oxygen atoms in total. The Morgan fingerprint density at radius 2 is 2.00 bits per heavy atom. The van der Waals surface area contributed by atoms with Gasteiger partial charge in [0, 0.05) is 16.4 Å². The third-order valence-corrected chi connectivity index (χ3v) is 5.73. The zero-order chi connectivity index (χ0) is 15.8. The summed E-state index contributed by atoms with van der Waals surface area (Å²) in [6, 6.07) is 8.03. The fourth-order valence-electron chi connectivity index (χ4n) is 3.21. The van der Waals surface area contributed by atoms with E-state index in [1.165, 1.54) is 34.2 Å². The maximum atomic E-state index is 5.93. The van der Waals surface area contributed by atoms with Gasteiger partial charge in [0.25, 0.3) is 0 Å². The summed E-state index contributed by atoms with van der Waals surface area (Å²) in [5.74, 6) is 1.84. The molecule has 1 N–H and O–H groups in total. The SMILES string of the molecule is Cc1nc(NCCc2ccc(Cl)cc2)c2c3c(sc2n1)CCC3. The van der Waals surface area contributed by atoms with Gasteiger partial charge in [0.1, 0.15) is 16.5 Å². The predicted molar refractivity (Wildman–Crippen MR) is 97.8 cm³/mol. The van der Waals surface area contributed by atoms with Gasteiger partial charge in [-0.3, -0.25) is 0 Å². The summed E-state index contributed by atoms with van der Waals surface area (Å²) >= 11 is 7.77. The minimum atomic E-state index is 0.781. The molecule has 2 heterocycles. The fourth-order valence-corrected chi connectivity index (χ4v) is 4.64. The Morgan fingerprint density at radius 1 is 1.17 bits per heavy atom.